The van der Waals surface area contributed by atoms with Gasteiger partial charge in [-0.15, -0.1) is 0 Å². The first-order valence-electron chi connectivity index (χ1n) is 14.5. The molecule has 4 aromatic carbocycles. The number of benzene rings is 4. The zero-order valence-corrected chi connectivity index (χ0v) is 27.4. The molecule has 1 atom stereocenters. The average Bonchev–Trinajstić information content (AvgIpc) is 3.03. The molecule has 0 saturated heterocycles. The minimum absolute atomic E-state index is 0.715. The molecule has 212 valence electrons. The minimum Gasteiger partial charge on any atom is -0.439 e. The number of hydrogen-bond donors (Lipinski definition) is 0. The molecule has 3 heteroatoms. The molecule has 1 aliphatic rings. The summed E-state index contributed by atoms with van der Waals surface area (Å²) in [5.74, 6) is 0.715. The van der Waals surface area contributed by atoms with Crippen molar-refractivity contribution in [1.82, 2.24) is 0 Å². The predicted molar refractivity (Wildman–Crippen MR) is 178 cm³/mol. The standard InChI is InChI=1S/C13H11O2P.C10H8.6C2H6/c1-16(14)13-9-5-3-7-11(13)10-6-2-4-8-12(10)15-16;1-2-6-10-8-4-3-7-9(10)5-1;6*1-2/h2-9H,1H3;1-8H;6*1-2H3. The van der Waals surface area contributed by atoms with E-state index in [0.717, 1.165) is 16.4 Å². The highest BCUT2D eigenvalue weighted by Crippen LogP contribution is 2.51. The van der Waals surface area contributed by atoms with Gasteiger partial charge < -0.3 is 4.52 Å². The van der Waals surface area contributed by atoms with E-state index in [9.17, 15) is 4.57 Å². The predicted octanol–water partition coefficient (Wildman–Crippen LogP) is 12.3. The quantitative estimate of drug-likeness (QED) is 0.208. The SMILES string of the molecule is CC.CC.CC.CC.CC.CC.CP1(=O)Oc2ccccc2-c2ccccc21.c1ccc2ccccc2c1. The van der Waals surface area contributed by atoms with Crippen molar-refractivity contribution in [3.05, 3.63) is 97.1 Å². The lowest BCUT2D eigenvalue weighted by molar-refractivity contribution is 0.497. The largest absolute Gasteiger partial charge is 0.439 e. The fraction of sp³-hybridized carbons (Fsp3) is 0.371. The first-order valence-corrected chi connectivity index (χ1v) is 16.6. The van der Waals surface area contributed by atoms with Gasteiger partial charge in [-0.1, -0.05) is 168 Å². The summed E-state index contributed by atoms with van der Waals surface area (Å²) in [5, 5.41) is 3.43. The first kappa shape index (κ1) is 39.7. The molecule has 0 aliphatic carbocycles. The Kier molecular flexibility index (Phi) is 26.9. The van der Waals surface area contributed by atoms with Gasteiger partial charge in [-0.05, 0) is 28.5 Å². The molecule has 0 radical (unpaired) electrons. The van der Waals surface area contributed by atoms with Gasteiger partial charge in [0.2, 0.25) is 0 Å². The molecule has 4 aromatic rings. The minimum atomic E-state index is -2.71. The van der Waals surface area contributed by atoms with E-state index >= 15 is 0 Å². The van der Waals surface area contributed by atoms with Crippen molar-refractivity contribution in [2.45, 2.75) is 83.1 Å². The van der Waals surface area contributed by atoms with Crippen LogP contribution in [0.15, 0.2) is 97.1 Å². The zero-order valence-electron chi connectivity index (χ0n) is 26.5. The molecular weight excluding hydrogens is 483 g/mol. The van der Waals surface area contributed by atoms with Gasteiger partial charge >= 0.3 is 0 Å². The van der Waals surface area contributed by atoms with E-state index in [1.165, 1.54) is 10.8 Å². The van der Waals surface area contributed by atoms with E-state index in [1.807, 2.05) is 132 Å². The Morgan fingerprint density at radius 1 is 0.447 bits per heavy atom. The van der Waals surface area contributed by atoms with E-state index in [2.05, 4.69) is 48.5 Å². The topological polar surface area (TPSA) is 26.3 Å². The fourth-order valence-electron chi connectivity index (χ4n) is 3.19. The van der Waals surface area contributed by atoms with Gasteiger partial charge in [-0.25, -0.2) is 0 Å². The van der Waals surface area contributed by atoms with Crippen molar-refractivity contribution >= 4 is 23.4 Å². The molecule has 0 amide bonds. The summed E-state index contributed by atoms with van der Waals surface area (Å²) in [4.78, 5) is 0. The highest BCUT2D eigenvalue weighted by molar-refractivity contribution is 7.67. The van der Waals surface area contributed by atoms with Crippen LogP contribution in [-0.2, 0) is 4.57 Å². The zero-order chi connectivity index (χ0) is 30.0. The molecule has 1 heterocycles. The third-order valence-corrected chi connectivity index (χ3v) is 6.26. The average molecular weight is 539 g/mol. The van der Waals surface area contributed by atoms with E-state index < -0.39 is 7.37 Å². The maximum atomic E-state index is 12.4. The molecule has 0 aromatic heterocycles. The lowest BCUT2D eigenvalue weighted by Crippen LogP contribution is -2.16. The summed E-state index contributed by atoms with van der Waals surface area (Å²) >= 11 is 0. The second-order valence-electron chi connectivity index (χ2n) is 6.30. The van der Waals surface area contributed by atoms with E-state index in [0.29, 0.717) is 5.75 Å². The van der Waals surface area contributed by atoms with Crippen molar-refractivity contribution in [2.24, 2.45) is 0 Å². The normalized spacial score (nSPS) is 12.8. The van der Waals surface area contributed by atoms with Crippen LogP contribution in [0.1, 0.15) is 83.1 Å². The lowest BCUT2D eigenvalue weighted by Gasteiger charge is -2.25. The van der Waals surface area contributed by atoms with Crippen LogP contribution < -0.4 is 9.83 Å². The van der Waals surface area contributed by atoms with Gasteiger partial charge in [0.05, 0.1) is 5.30 Å². The maximum absolute atomic E-state index is 12.4. The lowest BCUT2D eigenvalue weighted by atomic mass is 10.0. The van der Waals surface area contributed by atoms with Crippen molar-refractivity contribution < 1.29 is 9.09 Å². The van der Waals surface area contributed by atoms with Crippen LogP contribution in [0, 0.1) is 0 Å². The Hall–Kier alpha value is -2.83. The molecule has 2 nitrogen and oxygen atoms in total. The second-order valence-corrected chi connectivity index (χ2v) is 8.65. The summed E-state index contributed by atoms with van der Waals surface area (Å²) in [6.45, 7) is 25.7. The summed E-state index contributed by atoms with van der Waals surface area (Å²) < 4.78 is 18.0. The van der Waals surface area contributed by atoms with Crippen LogP contribution in [0.5, 0.6) is 5.75 Å². The molecule has 38 heavy (non-hydrogen) atoms. The number of fused-ring (bicyclic) bond motifs is 4. The third kappa shape index (κ3) is 12.6. The van der Waals surface area contributed by atoms with E-state index in [4.69, 9.17) is 4.52 Å². The van der Waals surface area contributed by atoms with Crippen molar-refractivity contribution in [3.63, 3.8) is 0 Å². The van der Waals surface area contributed by atoms with Crippen LogP contribution in [-0.4, -0.2) is 6.66 Å². The van der Waals surface area contributed by atoms with Gasteiger partial charge in [-0.2, -0.15) is 0 Å². The summed E-state index contributed by atoms with van der Waals surface area (Å²) in [5.41, 5.74) is 2.04. The smallest absolute Gasteiger partial charge is 0.274 e. The van der Waals surface area contributed by atoms with Gasteiger partial charge in [0, 0.05) is 12.2 Å². The summed E-state index contributed by atoms with van der Waals surface area (Å²) in [6.07, 6.45) is 0. The maximum Gasteiger partial charge on any atom is 0.274 e. The fourth-order valence-corrected chi connectivity index (χ4v) is 4.82. The summed E-state index contributed by atoms with van der Waals surface area (Å²) in [7, 11) is -2.71. The van der Waals surface area contributed by atoms with Gasteiger partial charge in [0.15, 0.2) is 0 Å². The molecule has 0 bridgehead atoms. The Morgan fingerprint density at radius 3 is 1.18 bits per heavy atom. The van der Waals surface area contributed by atoms with Gasteiger partial charge in [0.1, 0.15) is 5.75 Å². The van der Waals surface area contributed by atoms with Crippen molar-refractivity contribution in [2.75, 3.05) is 6.66 Å². The van der Waals surface area contributed by atoms with E-state index in [1.54, 1.807) is 6.66 Å². The molecule has 0 saturated carbocycles. The van der Waals surface area contributed by atoms with Crippen LogP contribution in [0.3, 0.4) is 0 Å². The Labute approximate surface area is 235 Å². The Bertz CT molecular complexity index is 1050. The Morgan fingerprint density at radius 2 is 0.763 bits per heavy atom. The third-order valence-electron chi connectivity index (χ3n) is 4.45. The van der Waals surface area contributed by atoms with E-state index in [-0.39, 0.29) is 0 Å². The van der Waals surface area contributed by atoms with Crippen LogP contribution in [0.4, 0.5) is 0 Å². The van der Waals surface area contributed by atoms with Crippen LogP contribution in [0.2, 0.25) is 0 Å². The van der Waals surface area contributed by atoms with Crippen LogP contribution >= 0.6 is 7.37 Å². The first-order chi connectivity index (χ1) is 18.6. The number of hydrogen-bond acceptors (Lipinski definition) is 2. The highest BCUT2D eigenvalue weighted by atomic mass is 31.2. The number of para-hydroxylation sites is 1. The monoisotopic (exact) mass is 538 g/mol. The van der Waals surface area contributed by atoms with Crippen molar-refractivity contribution in [3.8, 4) is 16.9 Å². The molecule has 1 aliphatic heterocycles. The number of rotatable bonds is 0. The molecule has 5 rings (SSSR count). The van der Waals surface area contributed by atoms with Crippen molar-refractivity contribution in [1.29, 1.82) is 0 Å². The van der Waals surface area contributed by atoms with Crippen LogP contribution in [0.25, 0.3) is 21.9 Å². The van der Waals surface area contributed by atoms with Gasteiger partial charge in [-0.3, -0.25) is 4.57 Å². The second kappa shape index (κ2) is 25.8. The molecule has 0 fully saturated rings. The highest BCUT2D eigenvalue weighted by Gasteiger charge is 2.30. The Balaban J connectivity index is -0.000000482. The molecule has 1 unspecified atom stereocenters. The molecule has 0 N–H and O–H groups in total. The van der Waals surface area contributed by atoms with Gasteiger partial charge in [0.25, 0.3) is 7.37 Å². The molecule has 0 spiro atoms. The summed E-state index contributed by atoms with van der Waals surface area (Å²) in [6, 6.07) is 32.2. The molecular formula is C35H55O2P.